The highest BCUT2D eigenvalue weighted by Gasteiger charge is 2.30. The summed E-state index contributed by atoms with van der Waals surface area (Å²) in [5.74, 6) is -0.596. The van der Waals surface area contributed by atoms with Crippen molar-refractivity contribution in [3.05, 3.63) is 63.2 Å². The number of Topliss-reactive ketones (excluding diaryl/α,β-unsaturated/α-hetero) is 1. The molecule has 0 amide bonds. The Labute approximate surface area is 178 Å². The predicted octanol–water partition coefficient (Wildman–Crippen LogP) is 2.92. The lowest BCUT2D eigenvalue weighted by molar-refractivity contribution is -0.386. The van der Waals surface area contributed by atoms with Gasteiger partial charge < -0.3 is 9.47 Å². The summed E-state index contributed by atoms with van der Waals surface area (Å²) < 4.78 is 37.4. The molecule has 0 saturated carbocycles. The van der Waals surface area contributed by atoms with Crippen LogP contribution in [0, 0.1) is 10.1 Å². The molecule has 0 aromatic heterocycles. The van der Waals surface area contributed by atoms with Gasteiger partial charge >= 0.3 is 5.69 Å². The molecular formula is C19H19ClN2O7S. The molecule has 1 atom stereocenters. The first kappa shape index (κ1) is 22.2. The van der Waals surface area contributed by atoms with E-state index in [9.17, 15) is 23.3 Å². The predicted molar refractivity (Wildman–Crippen MR) is 109 cm³/mol. The van der Waals surface area contributed by atoms with Crippen LogP contribution in [-0.2, 0) is 14.8 Å². The minimum Gasteiger partial charge on any atom is -0.475 e. The van der Waals surface area contributed by atoms with Gasteiger partial charge in [0, 0.05) is 29.7 Å². The molecule has 0 bridgehead atoms. The van der Waals surface area contributed by atoms with Crippen molar-refractivity contribution >= 4 is 33.1 Å². The Hall–Kier alpha value is -2.53. The highest BCUT2D eigenvalue weighted by molar-refractivity contribution is 7.89. The van der Waals surface area contributed by atoms with Crippen molar-refractivity contribution in [3.63, 3.8) is 0 Å². The van der Waals surface area contributed by atoms with E-state index in [4.69, 9.17) is 21.1 Å². The van der Waals surface area contributed by atoms with Crippen LogP contribution in [0.5, 0.6) is 5.75 Å². The lowest BCUT2D eigenvalue weighted by Crippen LogP contribution is -2.40. The summed E-state index contributed by atoms with van der Waals surface area (Å²) in [7, 11) is -3.91. The largest absolute Gasteiger partial charge is 0.475 e. The molecule has 2 aromatic rings. The monoisotopic (exact) mass is 454 g/mol. The molecule has 1 heterocycles. The second-order valence-corrected chi connectivity index (χ2v) is 8.91. The maximum atomic E-state index is 12.8. The van der Waals surface area contributed by atoms with E-state index in [2.05, 4.69) is 0 Å². The molecule has 3 rings (SSSR count). The zero-order valence-corrected chi connectivity index (χ0v) is 17.6. The summed E-state index contributed by atoms with van der Waals surface area (Å²) in [4.78, 5) is 23.1. The van der Waals surface area contributed by atoms with Gasteiger partial charge in [-0.3, -0.25) is 14.9 Å². The van der Waals surface area contributed by atoms with Crippen molar-refractivity contribution in [3.8, 4) is 5.75 Å². The molecular weight excluding hydrogens is 436 g/mol. The molecule has 2 aromatic carbocycles. The van der Waals surface area contributed by atoms with E-state index in [1.54, 1.807) is 12.1 Å². The minimum absolute atomic E-state index is 0.168. The van der Waals surface area contributed by atoms with Crippen LogP contribution in [0.25, 0.3) is 0 Å². The molecule has 0 radical (unpaired) electrons. The fraction of sp³-hybridized carbons (Fsp3) is 0.316. The fourth-order valence-electron chi connectivity index (χ4n) is 2.93. The Bertz CT molecular complexity index is 1050. The van der Waals surface area contributed by atoms with Crippen LogP contribution in [0.1, 0.15) is 17.3 Å². The van der Waals surface area contributed by atoms with Crippen LogP contribution >= 0.6 is 11.6 Å². The van der Waals surface area contributed by atoms with Gasteiger partial charge in [0.15, 0.2) is 11.9 Å². The number of hydrogen-bond donors (Lipinski definition) is 0. The van der Waals surface area contributed by atoms with E-state index >= 15 is 0 Å². The average Bonchev–Trinajstić information content (AvgIpc) is 2.74. The molecule has 11 heteroatoms. The number of nitrogens with zero attached hydrogens (tertiary/aromatic N) is 2. The molecule has 1 saturated heterocycles. The molecule has 0 spiro atoms. The Morgan fingerprint density at radius 2 is 1.83 bits per heavy atom. The molecule has 0 aliphatic carbocycles. The van der Waals surface area contributed by atoms with Gasteiger partial charge in [-0.05, 0) is 43.3 Å². The highest BCUT2D eigenvalue weighted by Crippen LogP contribution is 2.32. The summed E-state index contributed by atoms with van der Waals surface area (Å²) in [6.45, 7) is 2.31. The van der Waals surface area contributed by atoms with E-state index in [0.717, 1.165) is 6.07 Å². The number of hydrogen-bond acceptors (Lipinski definition) is 7. The first-order chi connectivity index (χ1) is 14.2. The third-order valence-electron chi connectivity index (χ3n) is 4.54. The summed E-state index contributed by atoms with van der Waals surface area (Å²) >= 11 is 5.81. The Morgan fingerprint density at radius 3 is 2.43 bits per heavy atom. The van der Waals surface area contributed by atoms with Crippen molar-refractivity contribution < 1.29 is 27.6 Å². The number of nitro benzene ring substituents is 1. The van der Waals surface area contributed by atoms with Crippen LogP contribution in [0.3, 0.4) is 0 Å². The molecule has 0 N–H and O–H groups in total. The van der Waals surface area contributed by atoms with E-state index in [0.29, 0.717) is 10.6 Å². The van der Waals surface area contributed by atoms with Gasteiger partial charge in [0.05, 0.1) is 23.0 Å². The Morgan fingerprint density at radius 1 is 1.20 bits per heavy atom. The first-order valence-corrected chi connectivity index (χ1v) is 10.8. The first-order valence-electron chi connectivity index (χ1n) is 9.03. The number of benzene rings is 2. The number of ketones is 1. The Kier molecular flexibility index (Phi) is 6.71. The number of sulfonamides is 1. The van der Waals surface area contributed by atoms with Gasteiger partial charge in [0.25, 0.3) is 0 Å². The van der Waals surface area contributed by atoms with Crippen molar-refractivity contribution in [2.45, 2.75) is 17.9 Å². The summed E-state index contributed by atoms with van der Waals surface area (Å²) in [6.07, 6.45) is -1.04. The molecule has 1 fully saturated rings. The topological polar surface area (TPSA) is 116 Å². The van der Waals surface area contributed by atoms with Crippen LogP contribution in [-0.4, -0.2) is 55.8 Å². The van der Waals surface area contributed by atoms with Crippen LogP contribution in [0.15, 0.2) is 47.4 Å². The van der Waals surface area contributed by atoms with E-state index in [-0.39, 0.29) is 36.9 Å². The third kappa shape index (κ3) is 4.78. The van der Waals surface area contributed by atoms with Crippen LogP contribution < -0.4 is 4.74 Å². The third-order valence-corrected chi connectivity index (χ3v) is 6.68. The average molecular weight is 455 g/mol. The Balaban J connectivity index is 1.85. The van der Waals surface area contributed by atoms with Gasteiger partial charge in [-0.15, -0.1) is 0 Å². The molecule has 1 unspecified atom stereocenters. The molecule has 1 aliphatic rings. The highest BCUT2D eigenvalue weighted by atomic mass is 35.5. The standard InChI is InChI=1S/C19H19ClN2O7S/c1-13(19(23)14-2-4-15(20)5-3-14)29-18-7-6-16(12-17(18)22(24)25)30(26,27)21-8-10-28-11-9-21/h2-7,12-13H,8-11H2,1H3. The van der Waals surface area contributed by atoms with Crippen molar-refractivity contribution in [1.29, 1.82) is 0 Å². The van der Waals surface area contributed by atoms with Gasteiger partial charge in [-0.25, -0.2) is 8.42 Å². The number of nitro groups is 1. The lowest BCUT2D eigenvalue weighted by Gasteiger charge is -2.26. The molecule has 30 heavy (non-hydrogen) atoms. The van der Waals surface area contributed by atoms with Gasteiger partial charge in [-0.1, -0.05) is 11.6 Å². The van der Waals surface area contributed by atoms with E-state index in [1.165, 1.54) is 35.5 Å². The summed E-state index contributed by atoms with van der Waals surface area (Å²) in [6, 6.07) is 9.52. The van der Waals surface area contributed by atoms with Crippen LogP contribution in [0.4, 0.5) is 5.69 Å². The number of rotatable bonds is 7. The van der Waals surface area contributed by atoms with Crippen molar-refractivity contribution in [2.24, 2.45) is 0 Å². The zero-order chi connectivity index (χ0) is 21.9. The van der Waals surface area contributed by atoms with Crippen molar-refractivity contribution in [1.82, 2.24) is 4.31 Å². The number of ether oxygens (including phenoxy) is 2. The fourth-order valence-corrected chi connectivity index (χ4v) is 4.48. The SMILES string of the molecule is CC(Oc1ccc(S(=O)(=O)N2CCOCC2)cc1[N+](=O)[O-])C(=O)c1ccc(Cl)cc1. The van der Waals surface area contributed by atoms with E-state index in [1.807, 2.05) is 0 Å². The van der Waals surface area contributed by atoms with E-state index < -0.39 is 32.5 Å². The maximum Gasteiger partial charge on any atom is 0.312 e. The summed E-state index contributed by atoms with van der Waals surface area (Å²) in [5, 5.41) is 12.0. The number of carbonyl (C=O) groups is 1. The normalized spacial score (nSPS) is 16.1. The maximum absolute atomic E-state index is 12.8. The van der Waals surface area contributed by atoms with Crippen LogP contribution in [0.2, 0.25) is 5.02 Å². The number of halogens is 1. The minimum atomic E-state index is -3.91. The zero-order valence-electron chi connectivity index (χ0n) is 16.0. The molecule has 160 valence electrons. The molecule has 1 aliphatic heterocycles. The second kappa shape index (κ2) is 9.09. The number of morpholine rings is 1. The lowest BCUT2D eigenvalue weighted by atomic mass is 10.1. The quantitative estimate of drug-likeness (QED) is 0.358. The second-order valence-electron chi connectivity index (χ2n) is 6.53. The van der Waals surface area contributed by atoms with Gasteiger partial charge in [0.2, 0.25) is 15.8 Å². The summed E-state index contributed by atoms with van der Waals surface area (Å²) in [5.41, 5.74) is -0.207. The van der Waals surface area contributed by atoms with Gasteiger partial charge in [0.1, 0.15) is 0 Å². The smallest absolute Gasteiger partial charge is 0.312 e. The molecule has 9 nitrogen and oxygen atoms in total. The van der Waals surface area contributed by atoms with Gasteiger partial charge in [-0.2, -0.15) is 4.31 Å². The van der Waals surface area contributed by atoms with Crippen molar-refractivity contribution in [2.75, 3.05) is 26.3 Å². The number of carbonyl (C=O) groups excluding carboxylic acids is 1.